The number of hydrogen-bond acceptors (Lipinski definition) is 3. The first-order valence-corrected chi connectivity index (χ1v) is 7.75. The fraction of sp³-hybridized carbons (Fsp3) is 0.438. The molecule has 6 nitrogen and oxygen atoms in total. The normalized spacial score (nSPS) is 25.7. The number of carbonyl (C=O) groups excluding carboxylic acids is 3. The monoisotopic (exact) mass is 337 g/mol. The molecule has 1 aromatic carbocycles. The second-order valence-corrected chi connectivity index (χ2v) is 6.15. The number of urea groups is 1. The van der Waals surface area contributed by atoms with E-state index in [-0.39, 0.29) is 23.9 Å². The van der Waals surface area contributed by atoms with Crippen LogP contribution in [0, 0.1) is 17.6 Å². The number of nitrogens with one attached hydrogen (secondary N) is 3. The summed E-state index contributed by atoms with van der Waals surface area (Å²) in [7, 11) is 0. The van der Waals surface area contributed by atoms with Crippen molar-refractivity contribution in [3.8, 4) is 0 Å². The summed E-state index contributed by atoms with van der Waals surface area (Å²) in [5.41, 5.74) is -1.28. The molecule has 2 aliphatic rings. The number of imide groups is 1. The lowest BCUT2D eigenvalue weighted by Gasteiger charge is -2.28. The molecule has 2 unspecified atom stereocenters. The Labute approximate surface area is 137 Å². The minimum atomic E-state index is -0.992. The van der Waals surface area contributed by atoms with E-state index in [1.165, 1.54) is 6.07 Å². The molecule has 24 heavy (non-hydrogen) atoms. The Balaban J connectivity index is 1.62. The highest BCUT2D eigenvalue weighted by atomic mass is 19.1. The summed E-state index contributed by atoms with van der Waals surface area (Å²) in [6, 6.07) is 2.88. The predicted octanol–water partition coefficient (Wildman–Crippen LogP) is 1.00. The first-order valence-electron chi connectivity index (χ1n) is 7.75. The van der Waals surface area contributed by atoms with Crippen LogP contribution in [-0.4, -0.2) is 29.9 Å². The van der Waals surface area contributed by atoms with Crippen molar-refractivity contribution in [1.82, 2.24) is 16.0 Å². The summed E-state index contributed by atoms with van der Waals surface area (Å²) in [5.74, 6) is -2.72. The van der Waals surface area contributed by atoms with Gasteiger partial charge in [-0.15, -0.1) is 0 Å². The molecular formula is C16H17F2N3O3. The van der Waals surface area contributed by atoms with E-state index in [2.05, 4.69) is 16.0 Å². The van der Waals surface area contributed by atoms with Crippen molar-refractivity contribution in [3.63, 3.8) is 0 Å². The number of hydrogen-bond donors (Lipinski definition) is 3. The van der Waals surface area contributed by atoms with Crippen molar-refractivity contribution in [2.24, 2.45) is 5.92 Å². The van der Waals surface area contributed by atoms with E-state index in [0.717, 1.165) is 18.6 Å². The van der Waals surface area contributed by atoms with Crippen LogP contribution in [0.4, 0.5) is 13.6 Å². The first-order chi connectivity index (χ1) is 11.4. The third-order valence-electron chi connectivity index (χ3n) is 4.73. The topological polar surface area (TPSA) is 87.3 Å². The number of benzene rings is 1. The maximum absolute atomic E-state index is 13.6. The molecule has 3 N–H and O–H groups in total. The second-order valence-electron chi connectivity index (χ2n) is 6.15. The molecular weight excluding hydrogens is 320 g/mol. The molecule has 1 spiro atoms. The number of halogens is 2. The van der Waals surface area contributed by atoms with Gasteiger partial charge in [-0.1, -0.05) is 12.5 Å². The molecule has 1 aliphatic carbocycles. The molecule has 1 saturated heterocycles. The Morgan fingerprint density at radius 1 is 1.29 bits per heavy atom. The molecule has 1 heterocycles. The van der Waals surface area contributed by atoms with Gasteiger partial charge in [0.2, 0.25) is 5.91 Å². The summed E-state index contributed by atoms with van der Waals surface area (Å²) in [6.45, 7) is 0.155. The van der Waals surface area contributed by atoms with Crippen molar-refractivity contribution < 1.29 is 23.2 Å². The Morgan fingerprint density at radius 3 is 2.62 bits per heavy atom. The number of amides is 4. The predicted molar refractivity (Wildman–Crippen MR) is 79.8 cm³/mol. The molecule has 0 bridgehead atoms. The van der Waals surface area contributed by atoms with Gasteiger partial charge in [-0.3, -0.25) is 14.9 Å². The Kier molecular flexibility index (Phi) is 4.21. The molecule has 8 heteroatoms. The summed E-state index contributed by atoms with van der Waals surface area (Å²) < 4.78 is 27.1. The van der Waals surface area contributed by atoms with Gasteiger partial charge in [0.25, 0.3) is 5.91 Å². The van der Waals surface area contributed by atoms with E-state index < -0.39 is 35.5 Å². The lowest BCUT2D eigenvalue weighted by atomic mass is 9.87. The van der Waals surface area contributed by atoms with Crippen LogP contribution >= 0.6 is 0 Å². The maximum atomic E-state index is 13.6. The molecule has 2 fully saturated rings. The lowest BCUT2D eigenvalue weighted by molar-refractivity contribution is -0.126. The van der Waals surface area contributed by atoms with Gasteiger partial charge in [0.15, 0.2) is 0 Å². The molecule has 1 saturated carbocycles. The van der Waals surface area contributed by atoms with Crippen molar-refractivity contribution in [3.05, 3.63) is 35.4 Å². The zero-order valence-corrected chi connectivity index (χ0v) is 12.8. The molecule has 128 valence electrons. The third kappa shape index (κ3) is 2.83. The fourth-order valence-corrected chi connectivity index (χ4v) is 3.48. The van der Waals surface area contributed by atoms with Gasteiger partial charge in [0.05, 0.1) is 6.42 Å². The van der Waals surface area contributed by atoms with E-state index in [1.54, 1.807) is 0 Å². The van der Waals surface area contributed by atoms with E-state index in [4.69, 9.17) is 0 Å². The Hall–Kier alpha value is -2.51. The Morgan fingerprint density at radius 2 is 2.00 bits per heavy atom. The molecule has 1 aromatic rings. The van der Waals surface area contributed by atoms with Gasteiger partial charge in [-0.05, 0) is 25.0 Å². The van der Waals surface area contributed by atoms with E-state index >= 15 is 0 Å². The molecule has 4 amide bonds. The number of rotatable bonds is 4. The molecule has 3 rings (SSSR count). The zero-order valence-electron chi connectivity index (χ0n) is 12.8. The van der Waals surface area contributed by atoms with Crippen LogP contribution in [0.25, 0.3) is 0 Å². The van der Waals surface area contributed by atoms with Gasteiger partial charge in [-0.25, -0.2) is 13.6 Å². The van der Waals surface area contributed by atoms with Crippen LogP contribution in [0.3, 0.4) is 0 Å². The molecule has 1 aliphatic heterocycles. The number of carbonyl (C=O) groups is 3. The van der Waals surface area contributed by atoms with Gasteiger partial charge in [0.1, 0.15) is 17.2 Å². The lowest BCUT2D eigenvalue weighted by Crippen LogP contribution is -2.53. The molecule has 0 aromatic heterocycles. The first kappa shape index (κ1) is 16.4. The van der Waals surface area contributed by atoms with Gasteiger partial charge in [0, 0.05) is 18.0 Å². The van der Waals surface area contributed by atoms with Crippen LogP contribution in [0.1, 0.15) is 24.8 Å². The van der Waals surface area contributed by atoms with Crippen LogP contribution in [0.2, 0.25) is 0 Å². The third-order valence-corrected chi connectivity index (χ3v) is 4.73. The fourth-order valence-electron chi connectivity index (χ4n) is 3.48. The van der Waals surface area contributed by atoms with Crippen LogP contribution in [0.15, 0.2) is 18.2 Å². The van der Waals surface area contributed by atoms with Crippen LogP contribution in [-0.2, 0) is 16.0 Å². The van der Waals surface area contributed by atoms with Gasteiger partial charge >= 0.3 is 6.03 Å². The highest BCUT2D eigenvalue weighted by Crippen LogP contribution is 2.37. The molecule has 2 atom stereocenters. The quantitative estimate of drug-likeness (QED) is 0.717. The van der Waals surface area contributed by atoms with Crippen molar-refractivity contribution in [1.29, 1.82) is 0 Å². The maximum Gasteiger partial charge on any atom is 0.322 e. The van der Waals surface area contributed by atoms with Crippen molar-refractivity contribution in [2.45, 2.75) is 31.2 Å². The Bertz CT molecular complexity index is 690. The minimum absolute atomic E-state index is 0.155. The largest absolute Gasteiger partial charge is 0.355 e. The standard InChI is InChI=1S/C16H17F2N3O3/c17-11-4-1-5-12(18)10(11)7-13(22)19-8-9-3-2-6-16(9)14(23)20-15(24)21-16/h1,4-5,9H,2-3,6-8H2,(H,19,22)(H2,20,21,23,24). The summed E-state index contributed by atoms with van der Waals surface area (Å²) in [6.07, 6.45) is 1.50. The minimum Gasteiger partial charge on any atom is -0.355 e. The average molecular weight is 337 g/mol. The highest BCUT2D eigenvalue weighted by molar-refractivity contribution is 6.07. The van der Waals surface area contributed by atoms with E-state index in [9.17, 15) is 23.2 Å². The van der Waals surface area contributed by atoms with Crippen molar-refractivity contribution in [2.75, 3.05) is 6.54 Å². The summed E-state index contributed by atoms with van der Waals surface area (Å²) >= 11 is 0. The SMILES string of the molecule is O=C(Cc1c(F)cccc1F)NCC1CCCC12NC(=O)NC2=O. The van der Waals surface area contributed by atoms with E-state index in [1.807, 2.05) is 0 Å². The highest BCUT2D eigenvalue weighted by Gasteiger charge is 2.54. The summed E-state index contributed by atoms with van der Waals surface area (Å²) in [5, 5.41) is 7.48. The average Bonchev–Trinajstić information content (AvgIpc) is 3.05. The van der Waals surface area contributed by atoms with Crippen LogP contribution in [0.5, 0.6) is 0 Å². The van der Waals surface area contributed by atoms with Gasteiger partial charge in [-0.2, -0.15) is 0 Å². The van der Waals surface area contributed by atoms with Gasteiger partial charge < -0.3 is 10.6 Å². The van der Waals surface area contributed by atoms with Crippen molar-refractivity contribution >= 4 is 17.8 Å². The smallest absolute Gasteiger partial charge is 0.322 e. The van der Waals surface area contributed by atoms with E-state index in [0.29, 0.717) is 12.8 Å². The second kappa shape index (κ2) is 6.18. The van der Waals surface area contributed by atoms with Crippen LogP contribution < -0.4 is 16.0 Å². The zero-order chi connectivity index (χ0) is 17.3. The molecule has 0 radical (unpaired) electrons. The summed E-state index contributed by atoms with van der Waals surface area (Å²) in [4.78, 5) is 35.4.